The molecule has 1 saturated heterocycles. The lowest BCUT2D eigenvalue weighted by Crippen LogP contribution is -2.45. The molecule has 1 aromatic heterocycles. The first-order valence-electron chi connectivity index (χ1n) is 12.0. The Bertz CT molecular complexity index is 1280. The SMILES string of the molecule is COc1cc(CCNc2nccc(-c3cccc(CN(C4CCNCC4)S(C)(=O)=O)c3)n2)ccc1O. The van der Waals surface area contributed by atoms with Crippen molar-refractivity contribution in [2.45, 2.75) is 31.8 Å². The molecule has 3 aromatic rings. The maximum Gasteiger partial charge on any atom is 0.223 e. The van der Waals surface area contributed by atoms with Crippen molar-refractivity contribution in [2.24, 2.45) is 0 Å². The highest BCUT2D eigenvalue weighted by Gasteiger charge is 2.28. The van der Waals surface area contributed by atoms with Crippen LogP contribution in [0.2, 0.25) is 0 Å². The van der Waals surface area contributed by atoms with Crippen molar-refractivity contribution in [3.63, 3.8) is 0 Å². The van der Waals surface area contributed by atoms with Gasteiger partial charge in [0.2, 0.25) is 16.0 Å². The molecule has 36 heavy (non-hydrogen) atoms. The van der Waals surface area contributed by atoms with Gasteiger partial charge in [0.05, 0.1) is 19.1 Å². The van der Waals surface area contributed by atoms with Gasteiger partial charge in [-0.15, -0.1) is 0 Å². The zero-order valence-corrected chi connectivity index (χ0v) is 21.5. The lowest BCUT2D eigenvalue weighted by molar-refractivity contribution is 0.258. The number of phenols is 1. The van der Waals surface area contributed by atoms with E-state index in [1.165, 1.54) is 13.4 Å². The minimum absolute atomic E-state index is 0.00769. The first kappa shape index (κ1) is 25.9. The molecule has 0 bridgehead atoms. The van der Waals surface area contributed by atoms with Crippen LogP contribution < -0.4 is 15.4 Å². The van der Waals surface area contributed by atoms with Crippen LogP contribution in [0.15, 0.2) is 54.7 Å². The molecular weight excluding hydrogens is 478 g/mol. The van der Waals surface area contributed by atoms with Crippen molar-refractivity contribution >= 4 is 16.0 Å². The molecule has 2 aromatic carbocycles. The molecule has 0 unspecified atom stereocenters. The number of hydrogen-bond acceptors (Lipinski definition) is 8. The summed E-state index contributed by atoms with van der Waals surface area (Å²) >= 11 is 0. The van der Waals surface area contributed by atoms with Crippen LogP contribution >= 0.6 is 0 Å². The van der Waals surface area contributed by atoms with Crippen LogP contribution in [-0.4, -0.2) is 66.8 Å². The summed E-state index contributed by atoms with van der Waals surface area (Å²) in [6.07, 6.45) is 5.32. The standard InChI is InChI=1S/C26H33N5O4S/c1-35-25-17-19(6-7-24(25)32)8-14-28-26-29-15-11-23(30-26)21-5-3-4-20(16-21)18-31(36(2,33)34)22-9-12-27-13-10-22/h3-7,11,15-17,22,27,32H,8-10,12-14,18H2,1-2H3,(H,28,29,30). The summed E-state index contributed by atoms with van der Waals surface area (Å²) in [5.74, 6) is 1.07. The van der Waals surface area contributed by atoms with E-state index in [9.17, 15) is 13.5 Å². The normalized spacial score (nSPS) is 14.6. The molecule has 0 saturated carbocycles. The van der Waals surface area contributed by atoms with Gasteiger partial charge >= 0.3 is 0 Å². The number of aromatic nitrogens is 2. The number of nitrogens with zero attached hydrogens (tertiary/aromatic N) is 3. The highest BCUT2D eigenvalue weighted by molar-refractivity contribution is 7.88. The predicted molar refractivity (Wildman–Crippen MR) is 141 cm³/mol. The second-order valence-electron chi connectivity index (χ2n) is 8.94. The van der Waals surface area contributed by atoms with Crippen molar-refractivity contribution < 1.29 is 18.3 Å². The summed E-state index contributed by atoms with van der Waals surface area (Å²) < 4.78 is 31.9. The third-order valence-corrected chi connectivity index (χ3v) is 7.58. The summed E-state index contributed by atoms with van der Waals surface area (Å²) in [5.41, 5.74) is 3.60. The topological polar surface area (TPSA) is 117 Å². The van der Waals surface area contributed by atoms with Crippen molar-refractivity contribution in [2.75, 3.05) is 38.3 Å². The van der Waals surface area contributed by atoms with Crippen molar-refractivity contribution in [3.05, 3.63) is 65.9 Å². The molecule has 1 aliphatic rings. The van der Waals surface area contributed by atoms with Gasteiger partial charge in [-0.25, -0.2) is 18.4 Å². The van der Waals surface area contributed by atoms with E-state index in [1.54, 1.807) is 16.6 Å². The lowest BCUT2D eigenvalue weighted by atomic mass is 10.0. The van der Waals surface area contributed by atoms with E-state index < -0.39 is 10.0 Å². The molecule has 9 nitrogen and oxygen atoms in total. The smallest absolute Gasteiger partial charge is 0.223 e. The zero-order valence-electron chi connectivity index (χ0n) is 20.6. The molecule has 192 valence electrons. The van der Waals surface area contributed by atoms with Crippen molar-refractivity contribution in [3.8, 4) is 22.8 Å². The van der Waals surface area contributed by atoms with E-state index in [-0.39, 0.29) is 11.8 Å². The van der Waals surface area contributed by atoms with Crippen LogP contribution in [-0.2, 0) is 23.0 Å². The first-order chi connectivity index (χ1) is 17.3. The molecule has 0 spiro atoms. The van der Waals surface area contributed by atoms with Gasteiger partial charge in [-0.2, -0.15) is 4.31 Å². The molecule has 0 aliphatic carbocycles. The minimum atomic E-state index is -3.34. The van der Waals surface area contributed by atoms with E-state index in [0.29, 0.717) is 31.2 Å². The molecule has 3 N–H and O–H groups in total. The molecule has 4 rings (SSSR count). The van der Waals surface area contributed by atoms with Gasteiger partial charge < -0.3 is 20.5 Å². The van der Waals surface area contributed by atoms with Crippen LogP contribution in [0.4, 0.5) is 5.95 Å². The fourth-order valence-corrected chi connectivity index (χ4v) is 5.56. The van der Waals surface area contributed by atoms with Gasteiger partial charge in [-0.05, 0) is 67.7 Å². The average Bonchev–Trinajstić information content (AvgIpc) is 2.88. The maximum atomic E-state index is 12.5. The lowest BCUT2D eigenvalue weighted by Gasteiger charge is -2.32. The quantitative estimate of drug-likeness (QED) is 0.380. The molecular formula is C26H33N5O4S. The Morgan fingerprint density at radius 1 is 1.14 bits per heavy atom. The Labute approximate surface area is 212 Å². The number of benzene rings is 2. The number of aromatic hydroxyl groups is 1. The highest BCUT2D eigenvalue weighted by atomic mass is 32.2. The number of anilines is 1. The minimum Gasteiger partial charge on any atom is -0.504 e. The molecule has 0 amide bonds. The van der Waals surface area contributed by atoms with Gasteiger partial charge in [-0.3, -0.25) is 0 Å². The van der Waals surface area contributed by atoms with Crippen LogP contribution in [0.1, 0.15) is 24.0 Å². The van der Waals surface area contributed by atoms with Crippen molar-refractivity contribution in [1.82, 2.24) is 19.6 Å². The summed E-state index contributed by atoms with van der Waals surface area (Å²) in [5, 5.41) is 16.3. The Morgan fingerprint density at radius 3 is 2.69 bits per heavy atom. The number of methoxy groups -OCH3 is 1. The Hall–Kier alpha value is -3.21. The van der Waals surface area contributed by atoms with E-state index in [4.69, 9.17) is 4.74 Å². The zero-order chi connectivity index (χ0) is 25.5. The molecule has 2 heterocycles. The van der Waals surface area contributed by atoms with E-state index in [2.05, 4.69) is 20.6 Å². The average molecular weight is 512 g/mol. The first-order valence-corrected chi connectivity index (χ1v) is 13.9. The van der Waals surface area contributed by atoms with Gasteiger partial charge in [0.1, 0.15) is 0 Å². The number of sulfonamides is 1. The predicted octanol–water partition coefficient (Wildman–Crippen LogP) is 3.03. The third kappa shape index (κ3) is 6.71. The third-order valence-electron chi connectivity index (χ3n) is 6.30. The fraction of sp³-hybridized carbons (Fsp3) is 0.385. The summed E-state index contributed by atoms with van der Waals surface area (Å²) in [7, 11) is -1.81. The van der Waals surface area contributed by atoms with E-state index >= 15 is 0 Å². The molecule has 1 aliphatic heterocycles. The van der Waals surface area contributed by atoms with Crippen LogP contribution in [0.25, 0.3) is 11.3 Å². The second-order valence-corrected chi connectivity index (χ2v) is 10.9. The van der Waals surface area contributed by atoms with Crippen LogP contribution in [0.3, 0.4) is 0 Å². The second kappa shape index (κ2) is 11.7. The van der Waals surface area contributed by atoms with Crippen LogP contribution in [0.5, 0.6) is 11.5 Å². The summed E-state index contributed by atoms with van der Waals surface area (Å²) in [6.45, 7) is 2.60. The van der Waals surface area contributed by atoms with E-state index in [0.717, 1.165) is 48.3 Å². The Kier molecular flexibility index (Phi) is 8.40. The number of ether oxygens (including phenoxy) is 1. The van der Waals surface area contributed by atoms with Crippen molar-refractivity contribution in [1.29, 1.82) is 0 Å². The number of piperidine rings is 1. The van der Waals surface area contributed by atoms with E-state index in [1.807, 2.05) is 42.5 Å². The monoisotopic (exact) mass is 511 g/mol. The number of nitrogens with one attached hydrogen (secondary N) is 2. The van der Waals surface area contributed by atoms with Gasteiger partial charge in [0, 0.05) is 30.9 Å². The fourth-order valence-electron chi connectivity index (χ4n) is 4.42. The summed E-state index contributed by atoms with van der Waals surface area (Å²) in [4.78, 5) is 8.98. The number of rotatable bonds is 10. The van der Waals surface area contributed by atoms with Gasteiger partial charge in [0.15, 0.2) is 11.5 Å². The Morgan fingerprint density at radius 2 is 1.94 bits per heavy atom. The molecule has 0 radical (unpaired) electrons. The summed E-state index contributed by atoms with van der Waals surface area (Å²) in [6, 6.07) is 15.0. The molecule has 0 atom stereocenters. The Balaban J connectivity index is 1.44. The van der Waals surface area contributed by atoms with Gasteiger partial charge in [-0.1, -0.05) is 24.3 Å². The number of hydrogen-bond donors (Lipinski definition) is 3. The maximum absolute atomic E-state index is 12.5. The number of phenolic OH excluding ortho intramolecular Hbond substituents is 1. The van der Waals surface area contributed by atoms with Crippen LogP contribution in [0, 0.1) is 0 Å². The van der Waals surface area contributed by atoms with Gasteiger partial charge in [0.25, 0.3) is 0 Å². The highest BCUT2D eigenvalue weighted by Crippen LogP contribution is 2.27. The molecule has 1 fully saturated rings. The molecule has 10 heteroatoms. The largest absolute Gasteiger partial charge is 0.504 e.